The number of benzene rings is 2. The molecule has 2 aromatic heterocycles. The van der Waals surface area contributed by atoms with E-state index in [1.165, 1.54) is 0 Å². The first-order chi connectivity index (χ1) is 15.0. The monoisotopic (exact) mass is 416 g/mol. The molecule has 0 aliphatic heterocycles. The molecule has 0 bridgehead atoms. The number of nitrogens with two attached hydrogens (primary N) is 1. The number of amides is 2. The molecule has 7 heteroatoms. The van der Waals surface area contributed by atoms with Crippen LogP contribution in [0.2, 0.25) is 0 Å². The second-order valence-electron chi connectivity index (χ2n) is 7.18. The molecule has 158 valence electrons. The summed E-state index contributed by atoms with van der Waals surface area (Å²) in [7, 11) is 3.26. The van der Waals surface area contributed by atoms with E-state index in [9.17, 15) is 4.79 Å². The summed E-state index contributed by atoms with van der Waals surface area (Å²) < 4.78 is 11.0. The van der Waals surface area contributed by atoms with Crippen LogP contribution in [-0.2, 0) is 12.8 Å². The third-order valence-electron chi connectivity index (χ3n) is 5.30. The second kappa shape index (κ2) is 8.47. The van der Waals surface area contributed by atoms with Gasteiger partial charge in [0.15, 0.2) is 11.5 Å². The number of hydrogen-bond acceptors (Lipinski definition) is 5. The highest BCUT2D eigenvalue weighted by Gasteiger charge is 2.14. The smallest absolute Gasteiger partial charge is 0.316 e. The summed E-state index contributed by atoms with van der Waals surface area (Å²) in [6.45, 7) is 2.08. The quantitative estimate of drug-likeness (QED) is 0.484. The van der Waals surface area contributed by atoms with Crippen molar-refractivity contribution in [2.45, 2.75) is 19.8 Å². The van der Waals surface area contributed by atoms with Gasteiger partial charge in [0.05, 0.1) is 25.4 Å². The molecule has 0 aliphatic rings. The number of anilines is 1. The molecule has 0 radical (unpaired) electrons. The molecular formula is C24H24N4O3. The summed E-state index contributed by atoms with van der Waals surface area (Å²) in [4.78, 5) is 20.8. The molecule has 0 unspecified atom stereocenters. The van der Waals surface area contributed by atoms with Crippen molar-refractivity contribution in [3.05, 3.63) is 65.6 Å². The molecule has 0 fully saturated rings. The Bertz CT molecular complexity index is 1290. The Morgan fingerprint density at radius 3 is 2.48 bits per heavy atom. The van der Waals surface area contributed by atoms with E-state index in [-0.39, 0.29) is 0 Å². The molecule has 0 atom stereocenters. The van der Waals surface area contributed by atoms with Gasteiger partial charge in [-0.2, -0.15) is 0 Å². The lowest BCUT2D eigenvalue weighted by Crippen LogP contribution is -2.19. The van der Waals surface area contributed by atoms with E-state index in [0.29, 0.717) is 29.1 Å². The molecule has 0 spiro atoms. The Balaban J connectivity index is 1.83. The molecule has 2 heterocycles. The van der Waals surface area contributed by atoms with Crippen LogP contribution >= 0.6 is 0 Å². The van der Waals surface area contributed by atoms with Crippen LogP contribution in [0.3, 0.4) is 0 Å². The standard InChI is InChI=1S/C24H24N4O3/c1-4-19-18-12-22(31-3)21(30-2)11-17(18)15(13-26-19)10-16-9-8-14-6-5-7-20(23(14)27-16)28-24(25)29/h5-9,11-13H,4,10H2,1-3H3,(H3,25,28,29). The van der Waals surface area contributed by atoms with Crippen LogP contribution in [0.15, 0.2) is 48.7 Å². The number of nitrogens with one attached hydrogen (secondary N) is 1. The number of aryl methyl sites for hydroxylation is 1. The van der Waals surface area contributed by atoms with E-state index in [1.807, 2.05) is 42.6 Å². The highest BCUT2D eigenvalue weighted by Crippen LogP contribution is 2.35. The van der Waals surface area contributed by atoms with Gasteiger partial charge in [-0.05, 0) is 41.6 Å². The average Bonchev–Trinajstić information content (AvgIpc) is 2.78. The van der Waals surface area contributed by atoms with Gasteiger partial charge in [-0.3, -0.25) is 9.97 Å². The molecule has 0 aliphatic carbocycles. The lowest BCUT2D eigenvalue weighted by molar-refractivity contribution is 0.259. The first kappa shape index (κ1) is 20.4. The van der Waals surface area contributed by atoms with Gasteiger partial charge in [-0.1, -0.05) is 25.1 Å². The SMILES string of the molecule is CCc1ncc(Cc2ccc3cccc(NC(N)=O)c3n2)c2cc(OC)c(OC)cc12. The topological polar surface area (TPSA) is 99.4 Å². The van der Waals surface area contributed by atoms with Crippen molar-refractivity contribution < 1.29 is 14.3 Å². The second-order valence-corrected chi connectivity index (χ2v) is 7.18. The maximum Gasteiger partial charge on any atom is 0.316 e. The largest absolute Gasteiger partial charge is 0.493 e. The molecular weight excluding hydrogens is 392 g/mol. The number of primary amides is 1. The third kappa shape index (κ3) is 3.94. The van der Waals surface area contributed by atoms with Crippen molar-refractivity contribution in [2.24, 2.45) is 5.73 Å². The van der Waals surface area contributed by atoms with Crippen LogP contribution in [0.4, 0.5) is 10.5 Å². The van der Waals surface area contributed by atoms with E-state index in [4.69, 9.17) is 20.2 Å². The molecule has 2 amide bonds. The van der Waals surface area contributed by atoms with Crippen molar-refractivity contribution in [3.63, 3.8) is 0 Å². The maximum atomic E-state index is 11.4. The zero-order chi connectivity index (χ0) is 22.0. The van der Waals surface area contributed by atoms with E-state index in [2.05, 4.69) is 17.2 Å². The number of fused-ring (bicyclic) bond motifs is 2. The number of methoxy groups -OCH3 is 2. The lowest BCUT2D eigenvalue weighted by atomic mass is 9.99. The molecule has 2 aromatic carbocycles. The minimum absolute atomic E-state index is 0.573. The fourth-order valence-corrected chi connectivity index (χ4v) is 3.82. The van der Waals surface area contributed by atoms with Crippen molar-refractivity contribution in [1.29, 1.82) is 0 Å². The van der Waals surface area contributed by atoms with Gasteiger partial charge in [0.25, 0.3) is 0 Å². The van der Waals surface area contributed by atoms with Crippen molar-refractivity contribution >= 4 is 33.4 Å². The zero-order valence-corrected chi connectivity index (χ0v) is 17.7. The average molecular weight is 416 g/mol. The van der Waals surface area contributed by atoms with Gasteiger partial charge < -0.3 is 20.5 Å². The summed E-state index contributed by atoms with van der Waals surface area (Å²) >= 11 is 0. The summed E-state index contributed by atoms with van der Waals surface area (Å²) in [5.74, 6) is 1.35. The molecule has 4 aromatic rings. The molecule has 4 rings (SSSR count). The number of carbonyl (C=O) groups is 1. The Labute approximate surface area is 180 Å². The van der Waals surface area contributed by atoms with Crippen LogP contribution in [0.5, 0.6) is 11.5 Å². The van der Waals surface area contributed by atoms with E-state index < -0.39 is 6.03 Å². The Morgan fingerprint density at radius 2 is 1.81 bits per heavy atom. The number of para-hydroxylation sites is 1. The van der Waals surface area contributed by atoms with Gasteiger partial charge in [-0.25, -0.2) is 4.79 Å². The highest BCUT2D eigenvalue weighted by atomic mass is 16.5. The Kier molecular flexibility index (Phi) is 5.58. The highest BCUT2D eigenvalue weighted by molar-refractivity contribution is 5.99. The first-order valence-electron chi connectivity index (χ1n) is 10.0. The summed E-state index contributed by atoms with van der Waals surface area (Å²) in [6, 6.07) is 12.9. The number of hydrogen-bond donors (Lipinski definition) is 2. The summed E-state index contributed by atoms with van der Waals surface area (Å²) in [6.07, 6.45) is 3.28. The third-order valence-corrected chi connectivity index (χ3v) is 5.30. The predicted octanol–water partition coefficient (Wildman–Crippen LogP) is 4.44. The van der Waals surface area contributed by atoms with Crippen LogP contribution < -0.4 is 20.5 Å². The van der Waals surface area contributed by atoms with Crippen molar-refractivity contribution in [3.8, 4) is 11.5 Å². The first-order valence-corrected chi connectivity index (χ1v) is 10.0. The van der Waals surface area contributed by atoms with Gasteiger partial charge >= 0.3 is 6.03 Å². The molecule has 0 saturated heterocycles. The molecule has 3 N–H and O–H groups in total. The number of aromatic nitrogens is 2. The van der Waals surface area contributed by atoms with E-state index in [0.717, 1.165) is 39.5 Å². The van der Waals surface area contributed by atoms with Gasteiger partial charge in [0.2, 0.25) is 0 Å². The van der Waals surface area contributed by atoms with Crippen LogP contribution in [0, 0.1) is 0 Å². The van der Waals surface area contributed by atoms with Crippen molar-refractivity contribution in [2.75, 3.05) is 19.5 Å². The summed E-state index contributed by atoms with van der Waals surface area (Å²) in [5, 5.41) is 5.65. The fourth-order valence-electron chi connectivity index (χ4n) is 3.82. The van der Waals surface area contributed by atoms with Gasteiger partial charge in [0.1, 0.15) is 0 Å². The lowest BCUT2D eigenvalue weighted by Gasteiger charge is -2.14. The fraction of sp³-hybridized carbons (Fsp3) is 0.208. The minimum Gasteiger partial charge on any atom is -0.493 e. The molecule has 31 heavy (non-hydrogen) atoms. The normalized spacial score (nSPS) is 10.9. The minimum atomic E-state index is -0.619. The van der Waals surface area contributed by atoms with Crippen LogP contribution in [-0.4, -0.2) is 30.2 Å². The van der Waals surface area contributed by atoms with Gasteiger partial charge in [0, 0.05) is 34.8 Å². The zero-order valence-electron chi connectivity index (χ0n) is 17.7. The maximum absolute atomic E-state index is 11.4. The van der Waals surface area contributed by atoms with Crippen LogP contribution in [0.1, 0.15) is 23.9 Å². The number of rotatable bonds is 6. The predicted molar refractivity (Wildman–Crippen MR) is 122 cm³/mol. The summed E-state index contributed by atoms with van der Waals surface area (Å²) in [5.41, 5.74) is 9.47. The van der Waals surface area contributed by atoms with E-state index >= 15 is 0 Å². The van der Waals surface area contributed by atoms with Crippen LogP contribution in [0.25, 0.3) is 21.7 Å². The molecule has 0 saturated carbocycles. The van der Waals surface area contributed by atoms with Gasteiger partial charge in [-0.15, -0.1) is 0 Å². The number of ether oxygens (including phenoxy) is 2. The molecule has 7 nitrogen and oxygen atoms in total. The number of urea groups is 1. The number of carbonyl (C=O) groups excluding carboxylic acids is 1. The Hall–Kier alpha value is -3.87. The number of pyridine rings is 2. The Morgan fingerprint density at radius 1 is 1.06 bits per heavy atom. The number of nitrogens with zero attached hydrogens (tertiary/aromatic N) is 2. The van der Waals surface area contributed by atoms with E-state index in [1.54, 1.807) is 20.3 Å². The van der Waals surface area contributed by atoms with Crippen molar-refractivity contribution in [1.82, 2.24) is 9.97 Å².